The Balaban J connectivity index is 1.88. The largest absolute Gasteiger partial charge is 0.481 e. The molecule has 2 N–H and O–H groups in total. The van der Waals surface area contributed by atoms with Gasteiger partial charge in [0.05, 0.1) is 10.8 Å². The van der Waals surface area contributed by atoms with E-state index >= 15 is 0 Å². The van der Waals surface area contributed by atoms with Crippen molar-refractivity contribution in [2.75, 3.05) is 0 Å². The topological polar surface area (TPSA) is 66.4 Å². The average Bonchev–Trinajstić information content (AvgIpc) is 2.87. The first kappa shape index (κ1) is 11.1. The number of hydrogen-bond donors (Lipinski definition) is 2. The van der Waals surface area contributed by atoms with Crippen molar-refractivity contribution in [3.63, 3.8) is 0 Å². The van der Waals surface area contributed by atoms with Gasteiger partial charge < -0.3 is 10.4 Å². The highest BCUT2D eigenvalue weighted by molar-refractivity contribution is 7.12. The molecule has 1 aromatic heterocycles. The summed E-state index contributed by atoms with van der Waals surface area (Å²) in [6, 6.07) is 3.61. The molecule has 1 heterocycles. The number of hydrogen-bond acceptors (Lipinski definition) is 3. The molecule has 0 radical (unpaired) electrons. The van der Waals surface area contributed by atoms with Crippen LogP contribution in [0.1, 0.15) is 28.9 Å². The van der Waals surface area contributed by atoms with Crippen LogP contribution in [0.15, 0.2) is 17.5 Å². The predicted molar refractivity (Wildman–Crippen MR) is 60.6 cm³/mol. The molecule has 0 spiro atoms. The Bertz CT molecular complexity index is 388. The number of aliphatic carboxylic acids is 1. The summed E-state index contributed by atoms with van der Waals surface area (Å²) in [6.45, 7) is 0. The number of carboxylic acid groups (broad SMARTS) is 1. The summed E-state index contributed by atoms with van der Waals surface area (Å²) in [4.78, 5) is 23.1. The Morgan fingerprint density at radius 3 is 2.81 bits per heavy atom. The van der Waals surface area contributed by atoms with Crippen LogP contribution in [0.5, 0.6) is 0 Å². The average molecular weight is 239 g/mol. The van der Waals surface area contributed by atoms with Crippen LogP contribution in [0.2, 0.25) is 0 Å². The van der Waals surface area contributed by atoms with E-state index in [2.05, 4.69) is 5.32 Å². The van der Waals surface area contributed by atoms with Gasteiger partial charge >= 0.3 is 5.97 Å². The van der Waals surface area contributed by atoms with Crippen LogP contribution in [-0.4, -0.2) is 23.0 Å². The molecule has 1 saturated carbocycles. The zero-order valence-corrected chi connectivity index (χ0v) is 9.50. The van der Waals surface area contributed by atoms with Crippen LogP contribution in [0, 0.1) is 5.92 Å². The van der Waals surface area contributed by atoms with E-state index in [9.17, 15) is 9.59 Å². The summed E-state index contributed by atoms with van der Waals surface area (Å²) in [5.74, 6) is -1.15. The Hall–Kier alpha value is -1.36. The molecule has 2 rings (SSSR count). The molecule has 1 amide bonds. The minimum atomic E-state index is -0.757. The lowest BCUT2D eigenvalue weighted by atomic mass is 10.1. The Kier molecular flexibility index (Phi) is 3.24. The zero-order valence-electron chi connectivity index (χ0n) is 8.68. The van der Waals surface area contributed by atoms with Crippen molar-refractivity contribution in [2.24, 2.45) is 5.92 Å². The lowest BCUT2D eigenvalue weighted by Crippen LogP contribution is -2.32. The Morgan fingerprint density at radius 1 is 1.44 bits per heavy atom. The highest BCUT2D eigenvalue weighted by Crippen LogP contribution is 2.26. The van der Waals surface area contributed by atoms with E-state index in [1.165, 1.54) is 11.3 Å². The van der Waals surface area contributed by atoms with Gasteiger partial charge in [-0.25, -0.2) is 0 Å². The van der Waals surface area contributed by atoms with Gasteiger partial charge in [-0.3, -0.25) is 9.59 Å². The monoisotopic (exact) mass is 239 g/mol. The Morgan fingerprint density at radius 2 is 2.25 bits per heavy atom. The summed E-state index contributed by atoms with van der Waals surface area (Å²) >= 11 is 1.39. The summed E-state index contributed by atoms with van der Waals surface area (Å²) in [7, 11) is 0. The van der Waals surface area contributed by atoms with Gasteiger partial charge in [0.2, 0.25) is 0 Å². The summed E-state index contributed by atoms with van der Waals surface area (Å²) in [5, 5.41) is 13.6. The first-order valence-corrected chi connectivity index (χ1v) is 6.12. The van der Waals surface area contributed by atoms with Gasteiger partial charge in [0.15, 0.2) is 0 Å². The molecule has 1 aliphatic rings. The molecule has 1 aliphatic carbocycles. The number of rotatable bonds is 3. The maximum Gasteiger partial charge on any atom is 0.306 e. The number of nitrogens with one attached hydrogen (secondary N) is 1. The predicted octanol–water partition coefficient (Wildman–Crippen LogP) is 1.73. The third kappa shape index (κ3) is 2.41. The van der Waals surface area contributed by atoms with Crippen molar-refractivity contribution in [2.45, 2.75) is 25.3 Å². The van der Waals surface area contributed by atoms with Crippen LogP contribution >= 0.6 is 11.3 Å². The van der Waals surface area contributed by atoms with Gasteiger partial charge in [-0.2, -0.15) is 0 Å². The smallest absolute Gasteiger partial charge is 0.306 e. The van der Waals surface area contributed by atoms with Crippen molar-refractivity contribution in [1.29, 1.82) is 0 Å². The fourth-order valence-corrected chi connectivity index (χ4v) is 2.63. The molecule has 0 aliphatic heterocycles. The van der Waals surface area contributed by atoms with Crippen molar-refractivity contribution in [1.82, 2.24) is 5.32 Å². The lowest BCUT2D eigenvalue weighted by Gasteiger charge is -2.11. The quantitative estimate of drug-likeness (QED) is 0.844. The van der Waals surface area contributed by atoms with Crippen molar-refractivity contribution >= 4 is 23.2 Å². The Labute approximate surface area is 97.3 Å². The molecular formula is C11H13NO3S. The maximum absolute atomic E-state index is 11.7. The molecule has 1 aromatic rings. The fraction of sp³-hybridized carbons (Fsp3) is 0.455. The van der Waals surface area contributed by atoms with Gasteiger partial charge in [0.25, 0.3) is 5.91 Å². The minimum Gasteiger partial charge on any atom is -0.481 e. The second-order valence-electron chi connectivity index (χ2n) is 4.00. The first-order valence-electron chi connectivity index (χ1n) is 5.24. The molecule has 5 heteroatoms. The fourth-order valence-electron chi connectivity index (χ4n) is 2.00. The van der Waals surface area contributed by atoms with Crippen LogP contribution in [-0.2, 0) is 4.79 Å². The van der Waals surface area contributed by atoms with E-state index in [1.54, 1.807) is 6.07 Å². The SMILES string of the molecule is O=C(N[C@H]1CC[C@H](C(=O)O)C1)c1cccs1. The minimum absolute atomic E-state index is 0.00991. The van der Waals surface area contributed by atoms with Crippen LogP contribution in [0.25, 0.3) is 0 Å². The van der Waals surface area contributed by atoms with Gasteiger partial charge in [0, 0.05) is 6.04 Å². The molecule has 4 nitrogen and oxygen atoms in total. The zero-order chi connectivity index (χ0) is 11.5. The summed E-state index contributed by atoms with van der Waals surface area (Å²) < 4.78 is 0. The molecule has 2 atom stereocenters. The van der Waals surface area contributed by atoms with Crippen LogP contribution in [0.4, 0.5) is 0 Å². The second-order valence-corrected chi connectivity index (χ2v) is 4.94. The molecule has 0 bridgehead atoms. The van der Waals surface area contributed by atoms with Gasteiger partial charge in [-0.05, 0) is 30.7 Å². The van der Waals surface area contributed by atoms with E-state index in [0.717, 1.165) is 6.42 Å². The van der Waals surface area contributed by atoms with E-state index < -0.39 is 5.97 Å². The van der Waals surface area contributed by atoms with Gasteiger partial charge in [0.1, 0.15) is 0 Å². The second kappa shape index (κ2) is 4.65. The van der Waals surface area contributed by atoms with E-state index in [4.69, 9.17) is 5.11 Å². The van der Waals surface area contributed by atoms with Crippen molar-refractivity contribution in [3.05, 3.63) is 22.4 Å². The summed E-state index contributed by atoms with van der Waals surface area (Å²) in [6.07, 6.45) is 1.96. The third-order valence-electron chi connectivity index (χ3n) is 2.86. The normalized spacial score (nSPS) is 24.2. The molecule has 0 unspecified atom stereocenters. The number of amides is 1. The van der Waals surface area contributed by atoms with Gasteiger partial charge in [-0.15, -0.1) is 11.3 Å². The molecule has 0 saturated heterocycles. The molecule has 1 fully saturated rings. The maximum atomic E-state index is 11.7. The molecule has 16 heavy (non-hydrogen) atoms. The van der Waals surface area contributed by atoms with Gasteiger partial charge in [-0.1, -0.05) is 6.07 Å². The standard InChI is InChI=1S/C11H13NO3S/c13-10(9-2-1-5-16-9)12-8-4-3-7(6-8)11(14)15/h1-2,5,7-8H,3-4,6H2,(H,12,13)(H,14,15)/t7-,8-/m0/s1. The van der Waals surface area contributed by atoms with E-state index in [-0.39, 0.29) is 17.9 Å². The molecule has 0 aromatic carbocycles. The summed E-state index contributed by atoms with van der Waals surface area (Å²) in [5.41, 5.74) is 0. The molecule has 86 valence electrons. The number of carbonyl (C=O) groups excluding carboxylic acids is 1. The van der Waals surface area contributed by atoms with Crippen LogP contribution in [0.3, 0.4) is 0 Å². The third-order valence-corrected chi connectivity index (χ3v) is 3.73. The lowest BCUT2D eigenvalue weighted by molar-refractivity contribution is -0.141. The number of carboxylic acids is 1. The highest BCUT2D eigenvalue weighted by Gasteiger charge is 2.30. The van der Waals surface area contributed by atoms with Crippen molar-refractivity contribution < 1.29 is 14.7 Å². The molecular weight excluding hydrogens is 226 g/mol. The highest BCUT2D eigenvalue weighted by atomic mass is 32.1. The number of thiophene rings is 1. The van der Waals surface area contributed by atoms with Crippen molar-refractivity contribution in [3.8, 4) is 0 Å². The number of carbonyl (C=O) groups is 2. The van der Waals surface area contributed by atoms with Crippen LogP contribution < -0.4 is 5.32 Å². The first-order chi connectivity index (χ1) is 7.66. The van der Waals surface area contributed by atoms with E-state index in [0.29, 0.717) is 17.7 Å². The van der Waals surface area contributed by atoms with E-state index in [1.807, 2.05) is 11.4 Å².